The summed E-state index contributed by atoms with van der Waals surface area (Å²) < 4.78 is 4.91. The van der Waals surface area contributed by atoms with Crippen LogP contribution in [0.25, 0.3) is 0 Å². The van der Waals surface area contributed by atoms with Gasteiger partial charge in [0.15, 0.2) is 5.78 Å². The number of allylic oxidation sites excluding steroid dienone is 1. The van der Waals surface area contributed by atoms with Crippen LogP contribution >= 0.6 is 0 Å². The normalized spacial score (nSPS) is 10.0. The first-order valence-electron chi connectivity index (χ1n) is 4.80. The molecule has 0 spiro atoms. The van der Waals surface area contributed by atoms with Crippen molar-refractivity contribution in [1.82, 2.24) is 0 Å². The average Bonchev–Trinajstić information content (AvgIpc) is 2.11. The second kappa shape index (κ2) is 6.35. The molecular formula is C11H18O3. The average molecular weight is 198 g/mol. The standard InChI is InChI=1S/C11H18O3/c1-8(2)10(12)6-5-7-14-11(13)9(3)4/h9H,1,5-7H2,2-4H3. The van der Waals surface area contributed by atoms with Crippen LogP contribution in [0.3, 0.4) is 0 Å². The number of hydrogen-bond donors (Lipinski definition) is 0. The van der Waals surface area contributed by atoms with Crippen molar-refractivity contribution in [3.8, 4) is 0 Å². The maximum atomic E-state index is 11.1. The minimum Gasteiger partial charge on any atom is -0.465 e. The first-order chi connectivity index (χ1) is 6.45. The van der Waals surface area contributed by atoms with Gasteiger partial charge in [-0.05, 0) is 18.9 Å². The molecule has 0 rings (SSSR count). The largest absolute Gasteiger partial charge is 0.465 e. The van der Waals surface area contributed by atoms with Crippen LogP contribution in [0.1, 0.15) is 33.6 Å². The Morgan fingerprint density at radius 2 is 1.93 bits per heavy atom. The lowest BCUT2D eigenvalue weighted by Crippen LogP contribution is -2.13. The highest BCUT2D eigenvalue weighted by molar-refractivity contribution is 5.94. The van der Waals surface area contributed by atoms with Crippen LogP contribution in [0, 0.1) is 5.92 Å². The number of esters is 1. The van der Waals surface area contributed by atoms with Gasteiger partial charge in [0, 0.05) is 6.42 Å². The van der Waals surface area contributed by atoms with Crippen molar-refractivity contribution in [1.29, 1.82) is 0 Å². The zero-order chi connectivity index (χ0) is 11.1. The number of Topliss-reactive ketones (excluding diaryl/α,β-unsaturated/α-hetero) is 1. The van der Waals surface area contributed by atoms with E-state index in [1.54, 1.807) is 20.8 Å². The van der Waals surface area contributed by atoms with Gasteiger partial charge in [-0.2, -0.15) is 0 Å². The lowest BCUT2D eigenvalue weighted by molar-refractivity contribution is -0.147. The van der Waals surface area contributed by atoms with Gasteiger partial charge < -0.3 is 4.74 Å². The lowest BCUT2D eigenvalue weighted by atomic mass is 10.1. The quantitative estimate of drug-likeness (QED) is 0.373. The van der Waals surface area contributed by atoms with Crippen LogP contribution in [0.2, 0.25) is 0 Å². The topological polar surface area (TPSA) is 43.4 Å². The van der Waals surface area contributed by atoms with Crippen molar-refractivity contribution in [3.05, 3.63) is 12.2 Å². The Morgan fingerprint density at radius 1 is 1.36 bits per heavy atom. The van der Waals surface area contributed by atoms with Gasteiger partial charge in [0.25, 0.3) is 0 Å². The summed E-state index contributed by atoms with van der Waals surface area (Å²) in [5.74, 6) is -0.287. The van der Waals surface area contributed by atoms with Crippen molar-refractivity contribution < 1.29 is 14.3 Å². The molecule has 0 saturated carbocycles. The molecule has 3 nitrogen and oxygen atoms in total. The molecule has 0 aromatic heterocycles. The summed E-state index contributed by atoms with van der Waals surface area (Å²) in [5.41, 5.74) is 0.556. The molecule has 0 aromatic carbocycles. The Labute approximate surface area is 85.1 Å². The highest BCUT2D eigenvalue weighted by Gasteiger charge is 2.08. The molecule has 3 heteroatoms. The van der Waals surface area contributed by atoms with E-state index >= 15 is 0 Å². The lowest BCUT2D eigenvalue weighted by Gasteiger charge is -2.06. The van der Waals surface area contributed by atoms with Crippen LogP contribution in [0.15, 0.2) is 12.2 Å². The predicted octanol–water partition coefficient (Wildman–Crippen LogP) is 2.11. The van der Waals surface area contributed by atoms with Gasteiger partial charge in [-0.15, -0.1) is 0 Å². The first-order valence-corrected chi connectivity index (χ1v) is 4.80. The van der Waals surface area contributed by atoms with Gasteiger partial charge in [0.1, 0.15) is 0 Å². The molecule has 0 radical (unpaired) electrons. The van der Waals surface area contributed by atoms with Gasteiger partial charge in [0.05, 0.1) is 12.5 Å². The van der Waals surface area contributed by atoms with Gasteiger partial charge in [0.2, 0.25) is 0 Å². The monoisotopic (exact) mass is 198 g/mol. The van der Waals surface area contributed by atoms with E-state index in [1.165, 1.54) is 0 Å². The summed E-state index contributed by atoms with van der Waals surface area (Å²) in [5, 5.41) is 0. The van der Waals surface area contributed by atoms with E-state index in [-0.39, 0.29) is 17.7 Å². The molecule has 0 fully saturated rings. The molecule has 80 valence electrons. The minimum absolute atomic E-state index is 0.0330. The van der Waals surface area contributed by atoms with E-state index in [0.29, 0.717) is 25.0 Å². The molecule has 0 aliphatic heterocycles. The molecular weight excluding hydrogens is 180 g/mol. The summed E-state index contributed by atoms with van der Waals surface area (Å²) >= 11 is 0. The van der Waals surface area contributed by atoms with E-state index in [9.17, 15) is 9.59 Å². The van der Waals surface area contributed by atoms with Gasteiger partial charge >= 0.3 is 5.97 Å². The molecule has 14 heavy (non-hydrogen) atoms. The highest BCUT2D eigenvalue weighted by Crippen LogP contribution is 2.01. The summed E-state index contributed by atoms with van der Waals surface area (Å²) in [6.45, 7) is 9.10. The third-order valence-corrected chi connectivity index (χ3v) is 1.74. The van der Waals surface area contributed by atoms with Crippen molar-refractivity contribution in [2.75, 3.05) is 6.61 Å². The summed E-state index contributed by atoms with van der Waals surface area (Å²) in [6, 6.07) is 0. The molecule has 0 aliphatic rings. The summed E-state index contributed by atoms with van der Waals surface area (Å²) in [4.78, 5) is 22.1. The number of ketones is 1. The van der Waals surface area contributed by atoms with Crippen LogP contribution in [-0.4, -0.2) is 18.4 Å². The third kappa shape index (κ3) is 5.51. The van der Waals surface area contributed by atoms with Crippen molar-refractivity contribution in [3.63, 3.8) is 0 Å². The fourth-order valence-electron chi connectivity index (χ4n) is 0.786. The van der Waals surface area contributed by atoms with E-state index in [4.69, 9.17) is 4.74 Å². The van der Waals surface area contributed by atoms with E-state index in [2.05, 4.69) is 6.58 Å². The molecule has 0 heterocycles. The van der Waals surface area contributed by atoms with Crippen LogP contribution in [0.5, 0.6) is 0 Å². The number of ether oxygens (including phenoxy) is 1. The Balaban J connectivity index is 3.52. The molecule has 0 N–H and O–H groups in total. The van der Waals surface area contributed by atoms with Gasteiger partial charge in [-0.25, -0.2) is 0 Å². The van der Waals surface area contributed by atoms with E-state index < -0.39 is 0 Å². The van der Waals surface area contributed by atoms with E-state index in [0.717, 1.165) is 0 Å². The fourth-order valence-corrected chi connectivity index (χ4v) is 0.786. The minimum atomic E-state index is -0.215. The number of hydrogen-bond acceptors (Lipinski definition) is 3. The van der Waals surface area contributed by atoms with Gasteiger partial charge in [-0.1, -0.05) is 20.4 Å². The molecule has 0 aromatic rings. The van der Waals surface area contributed by atoms with Crippen LogP contribution < -0.4 is 0 Å². The summed E-state index contributed by atoms with van der Waals surface area (Å²) in [7, 11) is 0. The molecule has 0 bridgehead atoms. The van der Waals surface area contributed by atoms with Crippen molar-refractivity contribution in [2.24, 2.45) is 5.92 Å². The predicted molar refractivity (Wildman–Crippen MR) is 54.9 cm³/mol. The maximum absolute atomic E-state index is 11.1. The molecule has 0 saturated heterocycles. The number of carbonyl (C=O) groups is 2. The molecule has 0 unspecified atom stereocenters. The second-order valence-corrected chi connectivity index (χ2v) is 3.63. The Morgan fingerprint density at radius 3 is 2.36 bits per heavy atom. The van der Waals surface area contributed by atoms with Gasteiger partial charge in [-0.3, -0.25) is 9.59 Å². The number of rotatable bonds is 6. The highest BCUT2D eigenvalue weighted by atomic mass is 16.5. The Kier molecular flexibility index (Phi) is 5.84. The zero-order valence-electron chi connectivity index (χ0n) is 9.13. The second-order valence-electron chi connectivity index (χ2n) is 3.63. The van der Waals surface area contributed by atoms with Crippen molar-refractivity contribution >= 4 is 11.8 Å². The molecule has 0 atom stereocenters. The van der Waals surface area contributed by atoms with Crippen LogP contribution in [0.4, 0.5) is 0 Å². The zero-order valence-corrected chi connectivity index (χ0v) is 9.13. The first kappa shape index (κ1) is 12.9. The Hall–Kier alpha value is -1.12. The molecule has 0 amide bonds. The maximum Gasteiger partial charge on any atom is 0.308 e. The SMILES string of the molecule is C=C(C)C(=O)CCCOC(=O)C(C)C. The smallest absolute Gasteiger partial charge is 0.308 e. The van der Waals surface area contributed by atoms with E-state index in [1.807, 2.05) is 0 Å². The number of carbonyl (C=O) groups excluding carboxylic acids is 2. The molecule has 0 aliphatic carbocycles. The van der Waals surface area contributed by atoms with Crippen LogP contribution in [-0.2, 0) is 14.3 Å². The summed E-state index contributed by atoms with van der Waals surface area (Å²) in [6.07, 6.45) is 0.977. The van der Waals surface area contributed by atoms with Crippen molar-refractivity contribution in [2.45, 2.75) is 33.6 Å². The third-order valence-electron chi connectivity index (χ3n) is 1.74. The fraction of sp³-hybridized carbons (Fsp3) is 0.636. The Bertz CT molecular complexity index is 229.